The number of rotatable bonds is 10. The van der Waals surface area contributed by atoms with E-state index in [4.69, 9.17) is 9.47 Å². The maximum atomic E-state index is 11.9. The van der Waals surface area contributed by atoms with Gasteiger partial charge in [0.2, 0.25) is 0 Å². The fourth-order valence-electron chi connectivity index (χ4n) is 3.86. The number of benzene rings is 3. The van der Waals surface area contributed by atoms with E-state index in [1.165, 1.54) is 5.56 Å². The van der Waals surface area contributed by atoms with Gasteiger partial charge in [-0.3, -0.25) is 4.79 Å². The molecule has 176 valence electrons. The lowest BCUT2D eigenvalue weighted by Gasteiger charge is -2.17. The van der Waals surface area contributed by atoms with E-state index >= 15 is 0 Å². The molecule has 0 aliphatic carbocycles. The van der Waals surface area contributed by atoms with Gasteiger partial charge in [0.25, 0.3) is 0 Å². The molecule has 0 unspecified atom stereocenters. The van der Waals surface area contributed by atoms with Crippen LogP contribution in [0.5, 0.6) is 11.5 Å². The van der Waals surface area contributed by atoms with Crippen LogP contribution in [0.25, 0.3) is 10.9 Å². The number of H-pyrrole nitrogens is 1. The number of carboxylic acid groups (broad SMARTS) is 1. The SMILES string of the molecule is COc1cc(CN[C@H](Cc2c[nH]c3ccccc23)C(=O)O)cc(Br)c1OCc1ccc(C)cc1. The first-order valence-corrected chi connectivity index (χ1v) is 11.8. The molecule has 3 aromatic carbocycles. The zero-order valence-electron chi connectivity index (χ0n) is 19.1. The Morgan fingerprint density at radius 1 is 1.12 bits per heavy atom. The van der Waals surface area contributed by atoms with Crippen LogP contribution in [0, 0.1) is 6.92 Å². The molecule has 0 aliphatic rings. The molecule has 0 amide bonds. The van der Waals surface area contributed by atoms with Crippen molar-refractivity contribution >= 4 is 32.8 Å². The Hall–Kier alpha value is -3.29. The molecular weight excluding hydrogens is 496 g/mol. The van der Waals surface area contributed by atoms with E-state index in [1.807, 2.05) is 61.7 Å². The van der Waals surface area contributed by atoms with Crippen LogP contribution in [0.1, 0.15) is 22.3 Å². The van der Waals surface area contributed by atoms with Crippen LogP contribution in [-0.4, -0.2) is 29.2 Å². The molecule has 7 heteroatoms. The summed E-state index contributed by atoms with van der Waals surface area (Å²) in [5, 5.41) is 14.0. The van der Waals surface area contributed by atoms with Gasteiger partial charge in [0.05, 0.1) is 11.6 Å². The molecule has 0 aliphatic heterocycles. The van der Waals surface area contributed by atoms with Gasteiger partial charge < -0.3 is 24.9 Å². The Morgan fingerprint density at radius 3 is 2.62 bits per heavy atom. The number of ether oxygens (including phenoxy) is 2. The Bertz CT molecular complexity index is 1280. The van der Waals surface area contributed by atoms with Gasteiger partial charge in [-0.25, -0.2) is 0 Å². The fraction of sp³-hybridized carbons (Fsp3) is 0.222. The fourth-order valence-corrected chi connectivity index (χ4v) is 4.47. The molecule has 0 fully saturated rings. The number of fused-ring (bicyclic) bond motifs is 1. The van der Waals surface area contributed by atoms with E-state index in [9.17, 15) is 9.90 Å². The Morgan fingerprint density at radius 2 is 1.88 bits per heavy atom. The minimum Gasteiger partial charge on any atom is -0.493 e. The predicted octanol–water partition coefficient (Wildman–Crippen LogP) is 5.61. The summed E-state index contributed by atoms with van der Waals surface area (Å²) >= 11 is 3.58. The van der Waals surface area contributed by atoms with Crippen molar-refractivity contribution in [2.45, 2.75) is 32.5 Å². The summed E-state index contributed by atoms with van der Waals surface area (Å²) in [5.74, 6) is 0.302. The van der Waals surface area contributed by atoms with Crippen molar-refractivity contribution in [1.82, 2.24) is 10.3 Å². The van der Waals surface area contributed by atoms with Gasteiger partial charge in [0.1, 0.15) is 12.6 Å². The Balaban J connectivity index is 1.45. The second-order valence-electron chi connectivity index (χ2n) is 8.22. The van der Waals surface area contributed by atoms with Crippen LogP contribution in [0.2, 0.25) is 0 Å². The van der Waals surface area contributed by atoms with Crippen molar-refractivity contribution in [2.24, 2.45) is 0 Å². The van der Waals surface area contributed by atoms with Crippen LogP contribution in [0.3, 0.4) is 0 Å². The molecule has 1 heterocycles. The van der Waals surface area contributed by atoms with Crippen LogP contribution >= 0.6 is 15.9 Å². The van der Waals surface area contributed by atoms with Crippen molar-refractivity contribution in [2.75, 3.05) is 7.11 Å². The number of aliphatic carboxylic acids is 1. The number of methoxy groups -OCH3 is 1. The Kier molecular flexibility index (Phi) is 7.55. The number of aryl methyl sites for hydroxylation is 1. The number of nitrogens with one attached hydrogen (secondary N) is 2. The Labute approximate surface area is 207 Å². The number of aromatic amines is 1. The summed E-state index contributed by atoms with van der Waals surface area (Å²) in [5.41, 5.74) is 5.11. The number of hydrogen-bond acceptors (Lipinski definition) is 4. The van der Waals surface area contributed by atoms with Crippen LogP contribution in [-0.2, 0) is 24.4 Å². The summed E-state index contributed by atoms with van der Waals surface area (Å²) in [6.07, 6.45) is 2.25. The highest BCUT2D eigenvalue weighted by Gasteiger charge is 2.20. The normalized spacial score (nSPS) is 12.0. The van der Waals surface area contributed by atoms with E-state index in [0.29, 0.717) is 31.1 Å². The average Bonchev–Trinajstić information content (AvgIpc) is 3.24. The first kappa shape index (κ1) is 23.9. The first-order valence-electron chi connectivity index (χ1n) is 11.0. The molecule has 3 N–H and O–H groups in total. The molecule has 0 bridgehead atoms. The first-order chi connectivity index (χ1) is 16.4. The van der Waals surface area contributed by atoms with Crippen LogP contribution in [0.15, 0.2) is 71.3 Å². The third kappa shape index (κ3) is 5.61. The van der Waals surface area contributed by atoms with Gasteiger partial charge in [-0.1, -0.05) is 48.0 Å². The van der Waals surface area contributed by atoms with E-state index < -0.39 is 12.0 Å². The van der Waals surface area contributed by atoms with E-state index in [-0.39, 0.29) is 0 Å². The van der Waals surface area contributed by atoms with Gasteiger partial charge in [0, 0.05) is 30.1 Å². The smallest absolute Gasteiger partial charge is 0.321 e. The highest BCUT2D eigenvalue weighted by Crippen LogP contribution is 2.37. The monoisotopic (exact) mass is 522 g/mol. The summed E-state index contributed by atoms with van der Waals surface area (Å²) in [7, 11) is 1.59. The molecule has 0 radical (unpaired) electrons. The maximum absolute atomic E-state index is 11.9. The molecule has 34 heavy (non-hydrogen) atoms. The zero-order valence-corrected chi connectivity index (χ0v) is 20.7. The molecule has 6 nitrogen and oxygen atoms in total. The highest BCUT2D eigenvalue weighted by atomic mass is 79.9. The van der Waals surface area contributed by atoms with Gasteiger partial charge in [-0.2, -0.15) is 0 Å². The van der Waals surface area contributed by atoms with Gasteiger partial charge in [-0.15, -0.1) is 0 Å². The standard InChI is InChI=1S/C27H27BrN2O4/c1-17-7-9-18(10-8-17)16-34-26-22(28)11-19(12-25(26)33-2)14-29-24(27(31)32)13-20-15-30-23-6-4-3-5-21(20)23/h3-12,15,24,29-30H,13-14,16H2,1-2H3,(H,31,32)/t24-/m1/s1. The predicted molar refractivity (Wildman–Crippen MR) is 136 cm³/mol. The average molecular weight is 523 g/mol. The lowest BCUT2D eigenvalue weighted by atomic mass is 10.0. The van der Waals surface area contributed by atoms with Crippen molar-refractivity contribution in [3.8, 4) is 11.5 Å². The molecule has 1 atom stereocenters. The molecule has 4 rings (SSSR count). The number of aromatic nitrogens is 1. The van der Waals surface area contributed by atoms with Gasteiger partial charge in [0.15, 0.2) is 11.5 Å². The highest BCUT2D eigenvalue weighted by molar-refractivity contribution is 9.10. The van der Waals surface area contributed by atoms with Crippen molar-refractivity contribution in [3.05, 3.63) is 93.6 Å². The lowest BCUT2D eigenvalue weighted by Crippen LogP contribution is -2.38. The van der Waals surface area contributed by atoms with Gasteiger partial charge >= 0.3 is 5.97 Å². The second kappa shape index (κ2) is 10.8. The third-order valence-corrected chi connectivity index (χ3v) is 6.33. The largest absolute Gasteiger partial charge is 0.493 e. The third-order valence-electron chi connectivity index (χ3n) is 5.74. The molecule has 0 saturated carbocycles. The molecule has 0 saturated heterocycles. The van der Waals surface area contributed by atoms with Crippen LogP contribution < -0.4 is 14.8 Å². The zero-order chi connectivity index (χ0) is 24.1. The van der Waals surface area contributed by atoms with Crippen molar-refractivity contribution in [1.29, 1.82) is 0 Å². The molecule has 4 aromatic rings. The van der Waals surface area contributed by atoms with Crippen molar-refractivity contribution < 1.29 is 19.4 Å². The summed E-state index contributed by atoms with van der Waals surface area (Å²) < 4.78 is 12.3. The summed E-state index contributed by atoms with van der Waals surface area (Å²) in [4.78, 5) is 15.1. The second-order valence-corrected chi connectivity index (χ2v) is 9.07. The molecule has 1 aromatic heterocycles. The maximum Gasteiger partial charge on any atom is 0.321 e. The van der Waals surface area contributed by atoms with E-state index in [1.54, 1.807) is 7.11 Å². The number of carbonyl (C=O) groups is 1. The lowest BCUT2D eigenvalue weighted by molar-refractivity contribution is -0.139. The topological polar surface area (TPSA) is 83.6 Å². The number of para-hydroxylation sites is 1. The number of hydrogen-bond donors (Lipinski definition) is 3. The summed E-state index contributed by atoms with van der Waals surface area (Å²) in [6.45, 7) is 2.83. The quantitative estimate of drug-likeness (QED) is 0.252. The van der Waals surface area contributed by atoms with E-state index in [0.717, 1.165) is 32.1 Å². The summed E-state index contributed by atoms with van der Waals surface area (Å²) in [6, 6.07) is 19.1. The molecule has 0 spiro atoms. The van der Waals surface area contributed by atoms with Gasteiger partial charge in [-0.05, 0) is 57.7 Å². The van der Waals surface area contributed by atoms with Crippen molar-refractivity contribution in [3.63, 3.8) is 0 Å². The minimum absolute atomic E-state index is 0.368. The number of halogens is 1. The van der Waals surface area contributed by atoms with Crippen LogP contribution in [0.4, 0.5) is 0 Å². The molecular formula is C27H27BrN2O4. The van der Waals surface area contributed by atoms with E-state index in [2.05, 4.69) is 38.4 Å². The minimum atomic E-state index is -0.894. The number of carboxylic acids is 1.